The first kappa shape index (κ1) is 21.4. The lowest BCUT2D eigenvalue weighted by molar-refractivity contribution is -0.764. The number of nitrogens with zero attached hydrogens (tertiary/aromatic N) is 6. The van der Waals surface area contributed by atoms with Gasteiger partial charge in [0.2, 0.25) is 5.91 Å². The topological polar surface area (TPSA) is 90.9 Å². The van der Waals surface area contributed by atoms with Gasteiger partial charge in [0.05, 0.1) is 28.5 Å². The molecule has 0 radical (unpaired) electrons. The first-order valence-corrected chi connectivity index (χ1v) is 11.8. The summed E-state index contributed by atoms with van der Waals surface area (Å²) in [4.78, 5) is 18.7. The van der Waals surface area contributed by atoms with E-state index in [2.05, 4.69) is 15.2 Å². The van der Waals surface area contributed by atoms with Gasteiger partial charge < -0.3 is 5.11 Å². The van der Waals surface area contributed by atoms with Gasteiger partial charge in [-0.2, -0.15) is 5.10 Å². The first-order valence-electron chi connectivity index (χ1n) is 10.2. The van der Waals surface area contributed by atoms with Crippen LogP contribution in [0.15, 0.2) is 59.8 Å². The van der Waals surface area contributed by atoms with Crippen LogP contribution in [0.4, 0.5) is 5.69 Å². The highest BCUT2D eigenvalue weighted by Gasteiger charge is 2.46. The second-order valence-electron chi connectivity index (χ2n) is 7.51. The largest absolute Gasteiger partial charge is 0.854 e. The number of anilines is 1. The van der Waals surface area contributed by atoms with Crippen molar-refractivity contribution in [3.05, 3.63) is 71.0 Å². The Morgan fingerprint density at radius 1 is 1.15 bits per heavy atom. The molecule has 8 nitrogen and oxygen atoms in total. The van der Waals surface area contributed by atoms with Gasteiger partial charge in [-0.15, -0.1) is 0 Å². The van der Waals surface area contributed by atoms with Crippen LogP contribution in [0, 0.1) is 6.92 Å². The van der Waals surface area contributed by atoms with Gasteiger partial charge in [0.15, 0.2) is 0 Å². The molecule has 0 aliphatic carbocycles. The molecular weight excluding hydrogens is 460 g/mol. The number of rotatable bonds is 3. The van der Waals surface area contributed by atoms with E-state index in [4.69, 9.17) is 11.6 Å². The van der Waals surface area contributed by atoms with Crippen LogP contribution < -0.4 is 14.7 Å². The van der Waals surface area contributed by atoms with Crippen molar-refractivity contribution in [2.45, 2.75) is 25.2 Å². The zero-order chi connectivity index (χ0) is 23.3. The van der Waals surface area contributed by atoms with E-state index in [1.54, 1.807) is 32.7 Å². The maximum Gasteiger partial charge on any atom is 0.297 e. The number of hydrogen-bond acceptors (Lipinski definition) is 6. The maximum absolute atomic E-state index is 13.1. The summed E-state index contributed by atoms with van der Waals surface area (Å²) in [5.74, 6) is -0.635. The number of aryl methyl sites for hydroxylation is 1. The van der Waals surface area contributed by atoms with Crippen molar-refractivity contribution in [2.24, 2.45) is 0 Å². The molecule has 0 saturated carbocycles. The van der Waals surface area contributed by atoms with E-state index in [1.807, 2.05) is 49.4 Å². The smallest absolute Gasteiger partial charge is 0.297 e. The van der Waals surface area contributed by atoms with Crippen LogP contribution in [0.1, 0.15) is 24.3 Å². The van der Waals surface area contributed by atoms with E-state index in [-0.39, 0.29) is 5.91 Å². The minimum atomic E-state index is -0.807. The number of hydrogen-bond donors (Lipinski definition) is 0. The zero-order valence-corrected chi connectivity index (χ0v) is 19.6. The van der Waals surface area contributed by atoms with Crippen LogP contribution in [-0.2, 0) is 4.79 Å². The molecule has 0 saturated heterocycles. The highest BCUT2D eigenvalue weighted by atomic mass is 35.5. The summed E-state index contributed by atoms with van der Waals surface area (Å²) in [6, 6.07) is 16.7. The molecule has 0 spiro atoms. The molecule has 1 aliphatic heterocycles. The Hall–Kier alpha value is -3.43. The predicted molar refractivity (Wildman–Crippen MR) is 124 cm³/mol. The average molecular weight is 479 g/mol. The SMILES string of the molecule is CSc1nc([O-])c2[n+](n1)C(c1c(C)nn(-c3ccccc3)c1Cl)N(C(C)=O)c1ccccc1-2. The van der Waals surface area contributed by atoms with Crippen LogP contribution in [0.3, 0.4) is 0 Å². The Bertz CT molecular complexity index is 1390. The molecule has 3 heterocycles. The summed E-state index contributed by atoms with van der Waals surface area (Å²) in [6.45, 7) is 3.31. The Morgan fingerprint density at radius 2 is 1.85 bits per heavy atom. The predicted octanol–water partition coefficient (Wildman–Crippen LogP) is 3.29. The number of carbonyl (C=O) groups is 1. The molecule has 1 unspecified atom stereocenters. The molecule has 166 valence electrons. The van der Waals surface area contributed by atoms with Crippen LogP contribution in [0.25, 0.3) is 16.9 Å². The number of carbonyl (C=O) groups excluding carboxylic acids is 1. The molecule has 0 fully saturated rings. The molecule has 5 rings (SSSR count). The minimum Gasteiger partial charge on any atom is -0.854 e. The van der Waals surface area contributed by atoms with Crippen LogP contribution in [-0.4, -0.2) is 32.0 Å². The van der Waals surface area contributed by atoms with Gasteiger partial charge in [-0.3, -0.25) is 4.79 Å². The van der Waals surface area contributed by atoms with E-state index in [0.29, 0.717) is 38.5 Å². The summed E-state index contributed by atoms with van der Waals surface area (Å²) >= 11 is 8.15. The number of thioether (sulfide) groups is 1. The summed E-state index contributed by atoms with van der Waals surface area (Å²) in [7, 11) is 0. The van der Waals surface area contributed by atoms with Crippen molar-refractivity contribution in [2.75, 3.05) is 11.2 Å². The summed E-state index contributed by atoms with van der Waals surface area (Å²) in [5, 5.41) is 23.0. The molecule has 0 N–H and O–H groups in total. The van der Waals surface area contributed by atoms with Gasteiger partial charge in [0.25, 0.3) is 17.0 Å². The Balaban J connectivity index is 1.84. The highest BCUT2D eigenvalue weighted by molar-refractivity contribution is 7.98. The fourth-order valence-corrected chi connectivity index (χ4v) is 4.88. The Kier molecular flexibility index (Phi) is 5.30. The zero-order valence-electron chi connectivity index (χ0n) is 18.1. The van der Waals surface area contributed by atoms with Crippen LogP contribution in [0.2, 0.25) is 5.15 Å². The van der Waals surface area contributed by atoms with Crippen molar-refractivity contribution in [1.82, 2.24) is 19.9 Å². The van der Waals surface area contributed by atoms with Crippen molar-refractivity contribution >= 4 is 35.0 Å². The number of aromatic nitrogens is 5. The second kappa shape index (κ2) is 8.17. The van der Waals surface area contributed by atoms with Gasteiger partial charge in [-0.25, -0.2) is 14.6 Å². The first-order chi connectivity index (χ1) is 15.9. The van der Waals surface area contributed by atoms with Gasteiger partial charge in [-0.1, -0.05) is 58.4 Å². The van der Waals surface area contributed by atoms with Crippen LogP contribution >= 0.6 is 23.4 Å². The summed E-state index contributed by atoms with van der Waals surface area (Å²) in [6.07, 6.45) is 0.987. The molecule has 4 aromatic rings. The van der Waals surface area contributed by atoms with Crippen molar-refractivity contribution in [1.29, 1.82) is 0 Å². The third kappa shape index (κ3) is 3.35. The standard InChI is InChI=1S/C23H19ClN6O2S/c1-13-18(20(24)29(26-13)15-9-5-4-6-10-15)22-28(14(2)31)17-12-8-7-11-16(17)19-21(32)25-23(33-3)27-30(19)22/h4-12,22H,1-3H3. The van der Waals surface area contributed by atoms with Crippen molar-refractivity contribution < 1.29 is 14.6 Å². The summed E-state index contributed by atoms with van der Waals surface area (Å²) in [5.41, 5.74) is 3.47. The molecule has 2 aromatic heterocycles. The Morgan fingerprint density at radius 3 is 2.55 bits per heavy atom. The molecule has 1 aliphatic rings. The fourth-order valence-electron chi connectivity index (χ4n) is 4.17. The molecule has 1 atom stereocenters. The van der Waals surface area contributed by atoms with Gasteiger partial charge in [0.1, 0.15) is 10.7 Å². The van der Waals surface area contributed by atoms with Gasteiger partial charge >= 0.3 is 0 Å². The third-order valence-corrected chi connectivity index (χ3v) is 6.45. The average Bonchev–Trinajstić information content (AvgIpc) is 3.11. The number of benzene rings is 2. The van der Waals surface area contributed by atoms with Crippen molar-refractivity contribution in [3.8, 4) is 22.8 Å². The number of para-hydroxylation sites is 2. The minimum absolute atomic E-state index is 0.217. The van der Waals surface area contributed by atoms with E-state index in [9.17, 15) is 9.90 Å². The Labute approximate surface area is 199 Å². The van der Waals surface area contributed by atoms with Gasteiger partial charge in [0, 0.05) is 12.0 Å². The van der Waals surface area contributed by atoms with E-state index >= 15 is 0 Å². The monoisotopic (exact) mass is 478 g/mol. The van der Waals surface area contributed by atoms with Crippen molar-refractivity contribution in [3.63, 3.8) is 0 Å². The molecule has 2 aromatic carbocycles. The quantitative estimate of drug-likeness (QED) is 0.331. The third-order valence-electron chi connectivity index (χ3n) is 5.55. The molecule has 10 heteroatoms. The lowest BCUT2D eigenvalue weighted by Gasteiger charge is -2.32. The lowest BCUT2D eigenvalue weighted by Crippen LogP contribution is -2.59. The highest BCUT2D eigenvalue weighted by Crippen LogP contribution is 2.43. The fraction of sp³-hybridized carbons (Fsp3) is 0.174. The number of fused-ring (bicyclic) bond motifs is 3. The number of halogens is 1. The van der Waals surface area contributed by atoms with E-state index in [1.165, 1.54) is 18.7 Å². The van der Waals surface area contributed by atoms with Crippen LogP contribution in [0.5, 0.6) is 5.88 Å². The molecular formula is C23H19ClN6O2S. The van der Waals surface area contributed by atoms with Gasteiger partial charge in [-0.05, 0) is 37.4 Å². The maximum atomic E-state index is 13.1. The van der Waals surface area contributed by atoms with E-state index in [0.717, 1.165) is 5.69 Å². The lowest BCUT2D eigenvalue weighted by atomic mass is 10.0. The molecule has 0 bridgehead atoms. The second-order valence-corrected chi connectivity index (χ2v) is 8.65. The number of amides is 1. The molecule has 33 heavy (non-hydrogen) atoms. The van der Waals surface area contributed by atoms with E-state index < -0.39 is 12.0 Å². The molecule has 1 amide bonds. The summed E-state index contributed by atoms with van der Waals surface area (Å²) < 4.78 is 3.18. The normalized spacial score (nSPS) is 14.7.